The van der Waals surface area contributed by atoms with Crippen LogP contribution in [-0.4, -0.2) is 35.8 Å². The molecule has 0 unspecified atom stereocenters. The van der Waals surface area contributed by atoms with Crippen molar-refractivity contribution in [2.45, 2.75) is 51.0 Å². The largest absolute Gasteiger partial charge is 0.353 e. The Kier molecular flexibility index (Phi) is 5.94. The van der Waals surface area contributed by atoms with Crippen molar-refractivity contribution in [1.82, 2.24) is 10.2 Å². The van der Waals surface area contributed by atoms with Crippen LogP contribution in [0.25, 0.3) is 0 Å². The van der Waals surface area contributed by atoms with E-state index in [-0.39, 0.29) is 28.8 Å². The van der Waals surface area contributed by atoms with Gasteiger partial charge in [0.1, 0.15) is 5.82 Å². The van der Waals surface area contributed by atoms with E-state index in [4.69, 9.17) is 11.6 Å². The molecule has 1 N–H and O–H groups in total. The summed E-state index contributed by atoms with van der Waals surface area (Å²) in [7, 11) is 0. The molecule has 1 saturated heterocycles. The zero-order valence-corrected chi connectivity index (χ0v) is 15.0. The van der Waals surface area contributed by atoms with Crippen LogP contribution in [0.3, 0.4) is 0 Å². The average molecular weight is 367 g/mol. The highest BCUT2D eigenvalue weighted by molar-refractivity contribution is 6.33. The maximum Gasteiger partial charge on any atom is 0.255 e. The van der Waals surface area contributed by atoms with E-state index in [1.165, 1.54) is 18.6 Å². The minimum absolute atomic E-state index is 0.127. The molecule has 1 aromatic rings. The summed E-state index contributed by atoms with van der Waals surface area (Å²) in [5, 5.41) is 3.29. The van der Waals surface area contributed by atoms with Gasteiger partial charge in [0.2, 0.25) is 5.91 Å². The Morgan fingerprint density at radius 3 is 2.40 bits per heavy atom. The highest BCUT2D eigenvalue weighted by Crippen LogP contribution is 2.25. The second-order valence-corrected chi connectivity index (χ2v) is 7.44. The van der Waals surface area contributed by atoms with Gasteiger partial charge in [0, 0.05) is 25.0 Å². The number of hydrogen-bond donors (Lipinski definition) is 1. The fourth-order valence-electron chi connectivity index (χ4n) is 3.74. The molecule has 2 amide bonds. The number of rotatable bonds is 3. The molecule has 0 spiro atoms. The predicted octanol–water partition coefficient (Wildman–Crippen LogP) is 3.78. The zero-order chi connectivity index (χ0) is 17.8. The quantitative estimate of drug-likeness (QED) is 0.885. The van der Waals surface area contributed by atoms with Gasteiger partial charge >= 0.3 is 0 Å². The van der Waals surface area contributed by atoms with Gasteiger partial charge in [-0.05, 0) is 43.9 Å². The summed E-state index contributed by atoms with van der Waals surface area (Å²) < 4.78 is 13.1. The van der Waals surface area contributed by atoms with Crippen molar-refractivity contribution in [2.24, 2.45) is 5.92 Å². The van der Waals surface area contributed by atoms with Crippen molar-refractivity contribution >= 4 is 23.4 Å². The molecule has 0 radical (unpaired) electrons. The number of nitrogens with one attached hydrogen (secondary N) is 1. The minimum atomic E-state index is -0.453. The van der Waals surface area contributed by atoms with E-state index in [0.29, 0.717) is 18.7 Å². The van der Waals surface area contributed by atoms with Gasteiger partial charge in [0.15, 0.2) is 0 Å². The molecule has 0 aromatic heterocycles. The highest BCUT2D eigenvalue weighted by atomic mass is 35.5. The van der Waals surface area contributed by atoms with Crippen molar-refractivity contribution in [1.29, 1.82) is 0 Å². The van der Waals surface area contributed by atoms with Gasteiger partial charge in [-0.2, -0.15) is 0 Å². The standard InChI is InChI=1S/C19H24ClFN2O2/c20-17-12-14(21)6-7-16(17)19(25)23-10-8-15(9-11-23)22-18(24)13-4-2-1-3-5-13/h6-7,12-13,15H,1-5,8-11H2,(H,22,24). The summed E-state index contributed by atoms with van der Waals surface area (Å²) in [6.07, 6.45) is 6.98. The fraction of sp³-hybridized carbons (Fsp3) is 0.579. The normalized spacial score (nSPS) is 19.7. The Hall–Kier alpha value is -1.62. The number of carbonyl (C=O) groups is 2. The van der Waals surface area contributed by atoms with Crippen molar-refractivity contribution in [3.8, 4) is 0 Å². The molecule has 1 aliphatic heterocycles. The van der Waals surface area contributed by atoms with Crippen LogP contribution in [-0.2, 0) is 4.79 Å². The van der Waals surface area contributed by atoms with Gasteiger partial charge in [-0.25, -0.2) is 4.39 Å². The van der Waals surface area contributed by atoms with E-state index in [2.05, 4.69) is 5.32 Å². The molecular formula is C19H24ClFN2O2. The zero-order valence-electron chi connectivity index (χ0n) is 14.3. The second kappa shape index (κ2) is 8.17. The van der Waals surface area contributed by atoms with Crippen molar-refractivity contribution < 1.29 is 14.0 Å². The lowest BCUT2D eigenvalue weighted by atomic mass is 9.88. The van der Waals surface area contributed by atoms with Crippen molar-refractivity contribution in [3.63, 3.8) is 0 Å². The number of amides is 2. The molecule has 4 nitrogen and oxygen atoms in total. The molecule has 0 atom stereocenters. The molecule has 136 valence electrons. The van der Waals surface area contributed by atoms with Crippen LogP contribution in [0.2, 0.25) is 5.02 Å². The van der Waals surface area contributed by atoms with Gasteiger partial charge in [0.25, 0.3) is 5.91 Å². The number of halogens is 2. The lowest BCUT2D eigenvalue weighted by Crippen LogP contribution is -2.48. The van der Waals surface area contributed by atoms with E-state index in [1.54, 1.807) is 4.90 Å². The Morgan fingerprint density at radius 2 is 1.76 bits per heavy atom. The van der Waals surface area contributed by atoms with Gasteiger partial charge < -0.3 is 10.2 Å². The fourth-order valence-corrected chi connectivity index (χ4v) is 3.99. The first-order chi connectivity index (χ1) is 12.0. The van der Waals surface area contributed by atoms with Crippen molar-refractivity contribution in [2.75, 3.05) is 13.1 Å². The average Bonchev–Trinajstić information content (AvgIpc) is 2.62. The first kappa shape index (κ1) is 18.2. The minimum Gasteiger partial charge on any atom is -0.353 e. The Balaban J connectivity index is 1.51. The third-order valence-corrected chi connectivity index (χ3v) is 5.58. The van der Waals surface area contributed by atoms with E-state index in [1.807, 2.05) is 0 Å². The maximum absolute atomic E-state index is 13.1. The van der Waals surface area contributed by atoms with Gasteiger partial charge in [0.05, 0.1) is 10.6 Å². The first-order valence-corrected chi connectivity index (χ1v) is 9.47. The van der Waals surface area contributed by atoms with E-state index in [0.717, 1.165) is 44.6 Å². The number of hydrogen-bond acceptors (Lipinski definition) is 2. The van der Waals surface area contributed by atoms with Crippen LogP contribution in [0, 0.1) is 11.7 Å². The number of carbonyl (C=O) groups excluding carboxylic acids is 2. The van der Waals surface area contributed by atoms with Gasteiger partial charge in [-0.3, -0.25) is 9.59 Å². The Bertz CT molecular complexity index is 638. The summed E-state index contributed by atoms with van der Waals surface area (Å²) >= 11 is 5.98. The summed E-state index contributed by atoms with van der Waals surface area (Å²) in [5.41, 5.74) is 0.327. The van der Waals surface area contributed by atoms with Crippen LogP contribution in [0.5, 0.6) is 0 Å². The molecule has 1 heterocycles. The molecule has 0 bridgehead atoms. The van der Waals surface area contributed by atoms with Crippen LogP contribution < -0.4 is 5.32 Å². The number of benzene rings is 1. The third kappa shape index (κ3) is 4.51. The molecule has 2 aliphatic rings. The second-order valence-electron chi connectivity index (χ2n) is 7.03. The SMILES string of the molecule is O=C(NC1CCN(C(=O)c2ccc(F)cc2Cl)CC1)C1CCCCC1. The summed E-state index contributed by atoms with van der Waals surface area (Å²) in [5.74, 6) is -0.301. The van der Waals surface area contributed by atoms with E-state index >= 15 is 0 Å². The van der Waals surface area contributed by atoms with Crippen molar-refractivity contribution in [3.05, 3.63) is 34.6 Å². The molecule has 1 aromatic carbocycles. The molecule has 6 heteroatoms. The Labute approximate surface area is 152 Å². The molecule has 3 rings (SSSR count). The molecule has 25 heavy (non-hydrogen) atoms. The number of piperidine rings is 1. The molecule has 2 fully saturated rings. The third-order valence-electron chi connectivity index (χ3n) is 5.27. The topological polar surface area (TPSA) is 49.4 Å². The maximum atomic E-state index is 13.1. The van der Waals surface area contributed by atoms with Gasteiger partial charge in [-0.15, -0.1) is 0 Å². The highest BCUT2D eigenvalue weighted by Gasteiger charge is 2.28. The molecule has 1 saturated carbocycles. The monoisotopic (exact) mass is 366 g/mol. The molecule has 1 aliphatic carbocycles. The van der Waals surface area contributed by atoms with Crippen LogP contribution in [0.4, 0.5) is 4.39 Å². The van der Waals surface area contributed by atoms with E-state index in [9.17, 15) is 14.0 Å². The van der Waals surface area contributed by atoms with Gasteiger partial charge in [-0.1, -0.05) is 30.9 Å². The summed E-state index contributed by atoms with van der Waals surface area (Å²) in [4.78, 5) is 26.6. The first-order valence-electron chi connectivity index (χ1n) is 9.09. The van der Waals surface area contributed by atoms with Crippen LogP contribution in [0.1, 0.15) is 55.3 Å². The summed E-state index contributed by atoms with van der Waals surface area (Å²) in [6.45, 7) is 1.14. The smallest absolute Gasteiger partial charge is 0.255 e. The van der Waals surface area contributed by atoms with Crippen LogP contribution in [0.15, 0.2) is 18.2 Å². The lowest BCUT2D eigenvalue weighted by Gasteiger charge is -2.33. The summed E-state index contributed by atoms with van der Waals surface area (Å²) in [6, 6.07) is 3.96. The molecular weight excluding hydrogens is 343 g/mol. The predicted molar refractivity (Wildman–Crippen MR) is 95.1 cm³/mol. The Morgan fingerprint density at radius 1 is 1.08 bits per heavy atom. The number of likely N-dealkylation sites (tertiary alicyclic amines) is 1. The van der Waals surface area contributed by atoms with E-state index < -0.39 is 5.82 Å². The number of nitrogens with zero attached hydrogens (tertiary/aromatic N) is 1. The van der Waals surface area contributed by atoms with Crippen LogP contribution >= 0.6 is 11.6 Å². The lowest BCUT2D eigenvalue weighted by molar-refractivity contribution is -0.126.